The number of hydrogen-bond acceptors (Lipinski definition) is 4. The van der Waals surface area contributed by atoms with E-state index < -0.39 is 18.4 Å². The molecule has 0 fully saturated rings. The van der Waals surface area contributed by atoms with Gasteiger partial charge in [0.2, 0.25) is 5.91 Å². The summed E-state index contributed by atoms with van der Waals surface area (Å²) in [6.45, 7) is 3.43. The first-order chi connectivity index (χ1) is 13.7. The fourth-order valence-electron chi connectivity index (χ4n) is 2.27. The van der Waals surface area contributed by atoms with Gasteiger partial charge in [-0.25, -0.2) is 0 Å². The van der Waals surface area contributed by atoms with Crippen molar-refractivity contribution in [2.75, 3.05) is 11.9 Å². The van der Waals surface area contributed by atoms with Gasteiger partial charge in [-0.1, -0.05) is 26.0 Å². The van der Waals surface area contributed by atoms with Crippen molar-refractivity contribution in [3.05, 3.63) is 56.5 Å². The minimum Gasteiger partial charge on any atom is -0.487 e. The average molecular weight is 528 g/mol. The van der Waals surface area contributed by atoms with Crippen molar-refractivity contribution in [1.29, 1.82) is 0 Å². The van der Waals surface area contributed by atoms with Gasteiger partial charge in [-0.2, -0.15) is 0 Å². The fourth-order valence-corrected chi connectivity index (χ4v) is 3.68. The molecule has 0 saturated heterocycles. The van der Waals surface area contributed by atoms with Crippen LogP contribution in [-0.4, -0.2) is 29.4 Å². The van der Waals surface area contributed by atoms with Gasteiger partial charge in [-0.3, -0.25) is 14.4 Å². The molecule has 0 radical (unpaired) electrons. The third kappa shape index (κ3) is 6.86. The number of hydrogen-bond donors (Lipinski definition) is 3. The third-order valence-corrected chi connectivity index (χ3v) is 4.94. The predicted molar refractivity (Wildman–Crippen MR) is 116 cm³/mol. The molecule has 0 spiro atoms. The Kier molecular flexibility index (Phi) is 8.21. The molecule has 0 unspecified atom stereocenters. The number of carbonyl (C=O) groups is 3. The van der Waals surface area contributed by atoms with E-state index in [2.05, 4.69) is 42.5 Å². The Balaban J connectivity index is 2.08. The van der Waals surface area contributed by atoms with Crippen LogP contribution in [0, 0.1) is 5.92 Å². The lowest BCUT2D eigenvalue weighted by atomic mass is 10.1. The number of carboxylic acids is 1. The van der Waals surface area contributed by atoms with Crippen LogP contribution in [0.25, 0.3) is 0 Å². The summed E-state index contributed by atoms with van der Waals surface area (Å²) in [7, 11) is 0. The lowest BCUT2D eigenvalue weighted by Gasteiger charge is -2.13. The molecule has 29 heavy (non-hydrogen) atoms. The van der Waals surface area contributed by atoms with Crippen LogP contribution < -0.4 is 15.4 Å². The van der Waals surface area contributed by atoms with E-state index in [1.807, 2.05) is 32.0 Å². The highest BCUT2D eigenvalue weighted by Crippen LogP contribution is 2.35. The molecule has 0 aromatic heterocycles. The van der Waals surface area contributed by atoms with Crippen molar-refractivity contribution in [3.8, 4) is 5.75 Å². The lowest BCUT2D eigenvalue weighted by molar-refractivity contribution is -0.135. The quantitative estimate of drug-likeness (QED) is 0.477. The molecule has 0 saturated carbocycles. The summed E-state index contributed by atoms with van der Waals surface area (Å²) >= 11 is 6.75. The second kappa shape index (κ2) is 10.4. The van der Waals surface area contributed by atoms with Gasteiger partial charge < -0.3 is 20.5 Å². The number of carboxylic acid groups (broad SMARTS) is 1. The summed E-state index contributed by atoms with van der Waals surface area (Å²) in [5.41, 5.74) is 1.83. The van der Waals surface area contributed by atoms with Crippen molar-refractivity contribution >= 4 is 55.3 Å². The molecule has 154 valence electrons. The second-order valence-corrected chi connectivity index (χ2v) is 8.19. The molecule has 3 N–H and O–H groups in total. The summed E-state index contributed by atoms with van der Waals surface area (Å²) in [5.74, 6) is -1.31. The molecule has 2 aromatic carbocycles. The fraction of sp³-hybridized carbons (Fsp3) is 0.250. The Hall–Kier alpha value is -2.39. The molecule has 0 aliphatic carbocycles. The van der Waals surface area contributed by atoms with E-state index in [4.69, 9.17) is 9.84 Å². The molecule has 2 rings (SSSR count). The maximum atomic E-state index is 12.0. The zero-order valence-electron chi connectivity index (χ0n) is 15.8. The summed E-state index contributed by atoms with van der Waals surface area (Å²) in [5, 5.41) is 13.8. The normalized spacial score (nSPS) is 10.5. The lowest BCUT2D eigenvalue weighted by Crippen LogP contribution is -2.29. The number of anilines is 1. The van der Waals surface area contributed by atoms with E-state index >= 15 is 0 Å². The molecule has 0 heterocycles. The highest BCUT2D eigenvalue weighted by Gasteiger charge is 2.15. The molecule has 7 nitrogen and oxygen atoms in total. The highest BCUT2D eigenvalue weighted by atomic mass is 79.9. The van der Waals surface area contributed by atoms with Gasteiger partial charge in [0.05, 0.1) is 8.95 Å². The minimum absolute atomic E-state index is 0.0645. The van der Waals surface area contributed by atoms with Crippen molar-refractivity contribution < 1.29 is 24.2 Å². The molecule has 9 heteroatoms. The van der Waals surface area contributed by atoms with Crippen LogP contribution in [0.1, 0.15) is 29.8 Å². The average Bonchev–Trinajstić information content (AvgIpc) is 2.65. The Labute approximate surface area is 185 Å². The van der Waals surface area contributed by atoms with Crippen molar-refractivity contribution in [2.45, 2.75) is 20.5 Å². The van der Waals surface area contributed by atoms with Crippen molar-refractivity contribution in [1.82, 2.24) is 5.32 Å². The Morgan fingerprint density at radius 1 is 1.10 bits per heavy atom. The topological polar surface area (TPSA) is 105 Å². The zero-order valence-corrected chi connectivity index (χ0v) is 19.0. The van der Waals surface area contributed by atoms with Gasteiger partial charge in [-0.15, -0.1) is 0 Å². The van der Waals surface area contributed by atoms with Gasteiger partial charge in [0.1, 0.15) is 18.9 Å². The molecular weight excluding hydrogens is 508 g/mol. The smallest absolute Gasteiger partial charge is 0.322 e. The number of ether oxygens (including phenoxy) is 1. The van der Waals surface area contributed by atoms with E-state index in [1.165, 1.54) is 0 Å². The molecule has 2 aromatic rings. The van der Waals surface area contributed by atoms with E-state index in [0.717, 1.165) is 5.56 Å². The standard InChI is InChI=1S/C20H20Br2N2O5/c1-11(2)19(27)24-14-5-3-4-12(6-14)10-29-18-15(21)7-13(8-16(18)22)20(28)23-9-17(25)26/h3-8,11H,9-10H2,1-2H3,(H,23,28)(H,24,27)(H,25,26). The molecule has 0 aliphatic heterocycles. The van der Waals surface area contributed by atoms with E-state index in [9.17, 15) is 14.4 Å². The number of aliphatic carboxylic acids is 1. The Bertz CT molecular complexity index is 908. The van der Waals surface area contributed by atoms with E-state index in [1.54, 1.807) is 18.2 Å². The summed E-state index contributed by atoms with van der Waals surface area (Å²) < 4.78 is 6.94. The molecular formula is C20H20Br2N2O5. The Morgan fingerprint density at radius 2 is 1.76 bits per heavy atom. The monoisotopic (exact) mass is 526 g/mol. The second-order valence-electron chi connectivity index (χ2n) is 6.48. The molecule has 0 atom stereocenters. The molecule has 2 amide bonds. The number of benzene rings is 2. The van der Waals surface area contributed by atoms with Crippen molar-refractivity contribution in [2.24, 2.45) is 5.92 Å². The predicted octanol–water partition coefficient (Wildman–Crippen LogP) is 4.20. The molecule has 0 bridgehead atoms. The molecule has 0 aliphatic rings. The van der Waals surface area contributed by atoms with Gasteiger partial charge in [0, 0.05) is 17.2 Å². The zero-order chi connectivity index (χ0) is 21.6. The number of amides is 2. The highest BCUT2D eigenvalue weighted by molar-refractivity contribution is 9.11. The first-order valence-corrected chi connectivity index (χ1v) is 10.3. The maximum absolute atomic E-state index is 12.0. The first-order valence-electron chi connectivity index (χ1n) is 8.69. The number of halogens is 2. The Morgan fingerprint density at radius 3 is 2.34 bits per heavy atom. The number of nitrogens with one attached hydrogen (secondary N) is 2. The van der Waals surface area contributed by atoms with E-state index in [-0.39, 0.29) is 24.0 Å². The van der Waals surface area contributed by atoms with Crippen LogP contribution >= 0.6 is 31.9 Å². The summed E-state index contributed by atoms with van der Waals surface area (Å²) in [6.07, 6.45) is 0. The largest absolute Gasteiger partial charge is 0.487 e. The van der Waals surface area contributed by atoms with Gasteiger partial charge in [-0.05, 0) is 61.7 Å². The number of carbonyl (C=O) groups excluding carboxylic acids is 2. The van der Waals surface area contributed by atoms with Crippen LogP contribution in [0.5, 0.6) is 5.75 Å². The van der Waals surface area contributed by atoms with Gasteiger partial charge in [0.15, 0.2) is 0 Å². The van der Waals surface area contributed by atoms with Crippen LogP contribution in [-0.2, 0) is 16.2 Å². The van der Waals surface area contributed by atoms with Crippen LogP contribution in [0.2, 0.25) is 0 Å². The summed E-state index contributed by atoms with van der Waals surface area (Å²) in [6, 6.07) is 10.4. The van der Waals surface area contributed by atoms with Crippen LogP contribution in [0.4, 0.5) is 5.69 Å². The summed E-state index contributed by atoms with van der Waals surface area (Å²) in [4.78, 5) is 34.5. The number of rotatable bonds is 8. The first kappa shape index (κ1) is 22.9. The van der Waals surface area contributed by atoms with Crippen molar-refractivity contribution in [3.63, 3.8) is 0 Å². The maximum Gasteiger partial charge on any atom is 0.322 e. The van der Waals surface area contributed by atoms with Crippen LogP contribution in [0.3, 0.4) is 0 Å². The SMILES string of the molecule is CC(C)C(=O)Nc1cccc(COc2c(Br)cc(C(=O)NCC(=O)O)cc2Br)c1. The van der Waals surface area contributed by atoms with E-state index in [0.29, 0.717) is 20.4 Å². The third-order valence-electron chi connectivity index (χ3n) is 3.76. The minimum atomic E-state index is -1.12. The van der Waals surface area contributed by atoms with Gasteiger partial charge in [0.25, 0.3) is 5.91 Å². The van der Waals surface area contributed by atoms with Crippen LogP contribution in [0.15, 0.2) is 45.3 Å². The van der Waals surface area contributed by atoms with Gasteiger partial charge >= 0.3 is 5.97 Å².